The molecular formula is C11H13ClFNO. The molecule has 0 atom stereocenters. The predicted octanol–water partition coefficient (Wildman–Crippen LogP) is 2.36. The summed E-state index contributed by atoms with van der Waals surface area (Å²) >= 11 is 5.88. The second-order valence-corrected chi connectivity index (χ2v) is 4.45. The fourth-order valence-corrected chi connectivity index (χ4v) is 1.71. The van der Waals surface area contributed by atoms with E-state index < -0.39 is 0 Å². The maximum absolute atomic E-state index is 13.4. The van der Waals surface area contributed by atoms with E-state index in [4.69, 9.17) is 16.3 Å². The average Bonchev–Trinajstić information content (AvgIpc) is 2.14. The van der Waals surface area contributed by atoms with Gasteiger partial charge in [-0.15, -0.1) is 0 Å². The van der Waals surface area contributed by atoms with Crippen molar-refractivity contribution in [2.24, 2.45) is 0 Å². The summed E-state index contributed by atoms with van der Waals surface area (Å²) in [6.07, 6.45) is 0. The zero-order chi connectivity index (χ0) is 10.9. The van der Waals surface area contributed by atoms with Crippen LogP contribution in [0.2, 0.25) is 5.02 Å². The van der Waals surface area contributed by atoms with Crippen molar-refractivity contribution in [1.82, 2.24) is 5.32 Å². The molecule has 0 aliphatic carbocycles. The summed E-state index contributed by atoms with van der Waals surface area (Å²) in [6.45, 7) is 3.83. The third kappa shape index (κ3) is 2.30. The van der Waals surface area contributed by atoms with Crippen LogP contribution in [0.4, 0.5) is 4.39 Å². The maximum atomic E-state index is 13.4. The molecule has 1 N–H and O–H groups in total. The van der Waals surface area contributed by atoms with E-state index in [0.717, 1.165) is 13.1 Å². The van der Waals surface area contributed by atoms with E-state index in [1.165, 1.54) is 6.07 Å². The van der Waals surface area contributed by atoms with Gasteiger partial charge in [-0.05, 0) is 19.1 Å². The van der Waals surface area contributed by atoms with E-state index in [1.807, 2.05) is 6.92 Å². The first-order valence-electron chi connectivity index (χ1n) is 4.88. The van der Waals surface area contributed by atoms with Gasteiger partial charge < -0.3 is 10.1 Å². The van der Waals surface area contributed by atoms with Gasteiger partial charge in [-0.3, -0.25) is 0 Å². The monoisotopic (exact) mass is 229 g/mol. The van der Waals surface area contributed by atoms with Gasteiger partial charge in [-0.2, -0.15) is 0 Å². The summed E-state index contributed by atoms with van der Waals surface area (Å²) in [5.74, 6) is -0.307. The summed E-state index contributed by atoms with van der Waals surface area (Å²) < 4.78 is 19.0. The number of hydrogen-bond donors (Lipinski definition) is 1. The van der Waals surface area contributed by atoms with Gasteiger partial charge in [0.15, 0.2) is 0 Å². The van der Waals surface area contributed by atoms with Gasteiger partial charge in [0, 0.05) is 23.7 Å². The Morgan fingerprint density at radius 2 is 2.27 bits per heavy atom. The molecule has 0 aromatic heterocycles. The van der Waals surface area contributed by atoms with Crippen LogP contribution in [-0.2, 0) is 11.3 Å². The van der Waals surface area contributed by atoms with Gasteiger partial charge >= 0.3 is 0 Å². The fraction of sp³-hybridized carbons (Fsp3) is 0.455. The summed E-state index contributed by atoms with van der Waals surface area (Å²) in [6, 6.07) is 4.66. The lowest BCUT2D eigenvalue weighted by Crippen LogP contribution is -2.58. The quantitative estimate of drug-likeness (QED) is 0.859. The molecule has 2 nitrogen and oxygen atoms in total. The Hall–Kier alpha value is -0.640. The SMILES string of the molecule is CC1(OCc2c(F)cccc2Cl)CNC1. The lowest BCUT2D eigenvalue weighted by molar-refractivity contribution is -0.0774. The molecule has 1 aromatic carbocycles. The normalized spacial score (nSPS) is 18.6. The van der Waals surface area contributed by atoms with Crippen molar-refractivity contribution in [3.8, 4) is 0 Å². The third-order valence-electron chi connectivity index (χ3n) is 2.62. The predicted molar refractivity (Wildman–Crippen MR) is 57.5 cm³/mol. The van der Waals surface area contributed by atoms with Crippen LogP contribution in [0.1, 0.15) is 12.5 Å². The van der Waals surface area contributed by atoms with E-state index in [9.17, 15) is 4.39 Å². The number of hydrogen-bond acceptors (Lipinski definition) is 2. The highest BCUT2D eigenvalue weighted by molar-refractivity contribution is 6.31. The molecule has 1 aliphatic rings. The number of benzene rings is 1. The second-order valence-electron chi connectivity index (χ2n) is 4.04. The molecule has 0 unspecified atom stereocenters. The van der Waals surface area contributed by atoms with Gasteiger partial charge in [0.25, 0.3) is 0 Å². The van der Waals surface area contributed by atoms with Crippen molar-refractivity contribution in [1.29, 1.82) is 0 Å². The van der Waals surface area contributed by atoms with Crippen molar-refractivity contribution >= 4 is 11.6 Å². The smallest absolute Gasteiger partial charge is 0.130 e. The summed E-state index contributed by atoms with van der Waals surface area (Å²) in [7, 11) is 0. The van der Waals surface area contributed by atoms with Crippen molar-refractivity contribution in [2.45, 2.75) is 19.1 Å². The molecule has 1 aliphatic heterocycles. The van der Waals surface area contributed by atoms with Crippen molar-refractivity contribution < 1.29 is 9.13 Å². The molecule has 1 fully saturated rings. The third-order valence-corrected chi connectivity index (χ3v) is 2.98. The van der Waals surface area contributed by atoms with Crippen LogP contribution in [-0.4, -0.2) is 18.7 Å². The topological polar surface area (TPSA) is 21.3 Å². The van der Waals surface area contributed by atoms with E-state index >= 15 is 0 Å². The molecule has 0 bridgehead atoms. The first-order valence-corrected chi connectivity index (χ1v) is 5.26. The standard InChI is InChI=1S/C11H13ClFNO/c1-11(6-14-7-11)15-5-8-9(12)3-2-4-10(8)13/h2-4,14H,5-7H2,1H3. The summed E-state index contributed by atoms with van der Waals surface area (Å²) in [5.41, 5.74) is 0.262. The molecule has 0 amide bonds. The van der Waals surface area contributed by atoms with Gasteiger partial charge in [-0.1, -0.05) is 17.7 Å². The first-order chi connectivity index (χ1) is 7.11. The fourth-order valence-electron chi connectivity index (χ4n) is 1.50. The molecule has 82 valence electrons. The summed E-state index contributed by atoms with van der Waals surface area (Å²) in [4.78, 5) is 0. The largest absolute Gasteiger partial charge is 0.368 e. The van der Waals surface area contributed by atoms with Gasteiger partial charge in [0.05, 0.1) is 12.2 Å². The second kappa shape index (κ2) is 4.08. The lowest BCUT2D eigenvalue weighted by Gasteiger charge is -2.39. The molecule has 15 heavy (non-hydrogen) atoms. The molecule has 4 heteroatoms. The van der Waals surface area contributed by atoms with Crippen LogP contribution < -0.4 is 5.32 Å². The van der Waals surface area contributed by atoms with Gasteiger partial charge in [0.2, 0.25) is 0 Å². The van der Waals surface area contributed by atoms with E-state index in [0.29, 0.717) is 10.6 Å². The van der Waals surface area contributed by atoms with Gasteiger partial charge in [0.1, 0.15) is 5.82 Å². The number of halogens is 2. The van der Waals surface area contributed by atoms with Crippen LogP contribution in [0.3, 0.4) is 0 Å². The Morgan fingerprint density at radius 3 is 2.80 bits per heavy atom. The summed E-state index contributed by atoms with van der Waals surface area (Å²) in [5, 5.41) is 3.54. The lowest BCUT2D eigenvalue weighted by atomic mass is 10.00. The molecular weight excluding hydrogens is 217 g/mol. The Labute approximate surface area is 93.4 Å². The molecule has 1 aromatic rings. The highest BCUT2D eigenvalue weighted by Gasteiger charge is 2.32. The van der Waals surface area contributed by atoms with Crippen LogP contribution in [0.25, 0.3) is 0 Å². The van der Waals surface area contributed by atoms with Gasteiger partial charge in [-0.25, -0.2) is 4.39 Å². The van der Waals surface area contributed by atoms with E-state index in [2.05, 4.69) is 5.32 Å². The zero-order valence-electron chi connectivity index (χ0n) is 8.52. The van der Waals surface area contributed by atoms with E-state index in [-0.39, 0.29) is 18.0 Å². The molecule has 0 radical (unpaired) electrons. The van der Waals surface area contributed by atoms with Crippen LogP contribution >= 0.6 is 11.6 Å². The average molecular weight is 230 g/mol. The number of ether oxygens (including phenoxy) is 1. The highest BCUT2D eigenvalue weighted by atomic mass is 35.5. The molecule has 0 saturated carbocycles. The first kappa shape index (κ1) is 10.9. The van der Waals surface area contributed by atoms with Crippen LogP contribution in [0.5, 0.6) is 0 Å². The Bertz CT molecular complexity index is 345. The van der Waals surface area contributed by atoms with Crippen molar-refractivity contribution in [3.63, 3.8) is 0 Å². The Balaban J connectivity index is 2.04. The van der Waals surface area contributed by atoms with E-state index in [1.54, 1.807) is 12.1 Å². The van der Waals surface area contributed by atoms with Crippen molar-refractivity contribution in [2.75, 3.05) is 13.1 Å². The molecule has 2 rings (SSSR count). The van der Waals surface area contributed by atoms with Crippen molar-refractivity contribution in [3.05, 3.63) is 34.6 Å². The molecule has 1 heterocycles. The number of rotatable bonds is 3. The maximum Gasteiger partial charge on any atom is 0.130 e. The Morgan fingerprint density at radius 1 is 1.53 bits per heavy atom. The minimum absolute atomic E-state index is 0.175. The van der Waals surface area contributed by atoms with Crippen LogP contribution in [0.15, 0.2) is 18.2 Å². The zero-order valence-corrected chi connectivity index (χ0v) is 9.27. The highest BCUT2D eigenvalue weighted by Crippen LogP contribution is 2.23. The number of nitrogens with one attached hydrogen (secondary N) is 1. The van der Waals surface area contributed by atoms with Crippen LogP contribution in [0, 0.1) is 5.82 Å². The Kier molecular flexibility index (Phi) is 2.96. The molecule has 0 spiro atoms. The minimum atomic E-state index is -0.307. The minimum Gasteiger partial charge on any atom is -0.368 e. The molecule has 1 saturated heterocycles.